The average molecular weight is 449 g/mol. The summed E-state index contributed by atoms with van der Waals surface area (Å²) in [4.78, 5) is 22.2. The molecule has 1 aliphatic carbocycles. The highest BCUT2D eigenvalue weighted by Gasteiger charge is 2.27. The number of hydrogen-bond acceptors (Lipinski definition) is 4. The third-order valence-electron chi connectivity index (χ3n) is 6.90. The summed E-state index contributed by atoms with van der Waals surface area (Å²) < 4.78 is 3.58. The maximum atomic E-state index is 13.9. The molecule has 7 nitrogen and oxygen atoms in total. The average Bonchev–Trinajstić information content (AvgIpc) is 3.43. The van der Waals surface area contributed by atoms with E-state index in [-0.39, 0.29) is 11.3 Å². The number of rotatable bonds is 3. The molecule has 1 saturated carbocycles. The van der Waals surface area contributed by atoms with Crippen molar-refractivity contribution in [3.8, 4) is 28.6 Å². The van der Waals surface area contributed by atoms with Gasteiger partial charge in [0.2, 0.25) is 0 Å². The molecule has 0 radical (unpaired) electrons. The van der Waals surface area contributed by atoms with Gasteiger partial charge < -0.3 is 9.55 Å². The van der Waals surface area contributed by atoms with E-state index in [0.717, 1.165) is 29.4 Å². The van der Waals surface area contributed by atoms with E-state index in [9.17, 15) is 10.1 Å². The second kappa shape index (κ2) is 7.99. The van der Waals surface area contributed by atoms with Crippen molar-refractivity contribution in [3.63, 3.8) is 0 Å². The van der Waals surface area contributed by atoms with Gasteiger partial charge in [0.05, 0.1) is 16.6 Å². The number of nitrogens with one attached hydrogen (secondary N) is 1. The lowest BCUT2D eigenvalue weighted by atomic mass is 9.95. The molecule has 2 aromatic carbocycles. The van der Waals surface area contributed by atoms with Crippen LogP contribution in [0.15, 0.2) is 59.4 Å². The molecule has 5 aromatic rings. The highest BCUT2D eigenvalue weighted by Crippen LogP contribution is 2.36. The Bertz CT molecular complexity index is 1630. The lowest BCUT2D eigenvalue weighted by molar-refractivity contribution is 0.362. The first-order chi connectivity index (χ1) is 16.7. The Morgan fingerprint density at radius 3 is 2.50 bits per heavy atom. The van der Waals surface area contributed by atoms with Gasteiger partial charge in [0, 0.05) is 11.7 Å². The first-order valence-corrected chi connectivity index (χ1v) is 11.8. The SMILES string of the molecule is Cc1[nH]c2c(-c3ccccc3)c(C#N)nn2c(=O)c1-c1nc2ccccc2n1C1CCCCC1. The number of benzene rings is 2. The maximum absolute atomic E-state index is 13.9. The zero-order valence-corrected chi connectivity index (χ0v) is 19.0. The Hall–Kier alpha value is -4.18. The smallest absolute Gasteiger partial charge is 0.285 e. The first kappa shape index (κ1) is 20.4. The molecule has 0 spiro atoms. The standard InChI is InChI=1S/C27H24N6O/c1-17-23(25-30-20-14-8-9-15-22(20)32(25)19-12-6-3-7-13-19)27(34)33-26(29-17)24(21(16-28)31-33)18-10-4-2-5-11-18/h2,4-5,8-11,14-15,19,29H,3,6-7,12-13H2,1H3. The number of fused-ring (bicyclic) bond motifs is 2. The second-order valence-corrected chi connectivity index (χ2v) is 8.98. The molecule has 3 aromatic heterocycles. The van der Waals surface area contributed by atoms with Crippen LogP contribution in [0.5, 0.6) is 0 Å². The highest BCUT2D eigenvalue weighted by molar-refractivity contribution is 5.84. The van der Waals surface area contributed by atoms with E-state index >= 15 is 0 Å². The van der Waals surface area contributed by atoms with Gasteiger partial charge in [-0.1, -0.05) is 61.7 Å². The number of aromatic nitrogens is 5. The van der Waals surface area contributed by atoms with E-state index in [0.29, 0.717) is 34.3 Å². The number of aromatic amines is 1. The van der Waals surface area contributed by atoms with Gasteiger partial charge in [0.15, 0.2) is 5.69 Å². The van der Waals surface area contributed by atoms with Crippen molar-refractivity contribution in [2.24, 2.45) is 0 Å². The summed E-state index contributed by atoms with van der Waals surface area (Å²) >= 11 is 0. The van der Waals surface area contributed by atoms with E-state index in [1.807, 2.05) is 55.5 Å². The van der Waals surface area contributed by atoms with Crippen LogP contribution in [0.3, 0.4) is 0 Å². The van der Waals surface area contributed by atoms with Crippen LogP contribution >= 0.6 is 0 Å². The van der Waals surface area contributed by atoms with Gasteiger partial charge in [-0.05, 0) is 37.5 Å². The zero-order chi connectivity index (χ0) is 23.2. The first-order valence-electron chi connectivity index (χ1n) is 11.8. The molecule has 0 amide bonds. The van der Waals surface area contributed by atoms with Crippen molar-refractivity contribution in [1.29, 1.82) is 5.26 Å². The summed E-state index contributed by atoms with van der Waals surface area (Å²) in [6.45, 7) is 1.90. The molecule has 1 aliphatic rings. The zero-order valence-electron chi connectivity index (χ0n) is 19.0. The molecule has 0 aliphatic heterocycles. The van der Waals surface area contributed by atoms with Gasteiger partial charge in [0.25, 0.3) is 5.56 Å². The number of nitrogens with zero attached hydrogens (tertiary/aromatic N) is 5. The lowest BCUT2D eigenvalue weighted by Crippen LogP contribution is -2.22. The Kier molecular flexibility index (Phi) is 4.80. The Labute approximate surface area is 196 Å². The van der Waals surface area contributed by atoms with Crippen molar-refractivity contribution in [2.75, 3.05) is 0 Å². The largest absolute Gasteiger partial charge is 0.342 e. The quantitative estimate of drug-likeness (QED) is 0.400. The third kappa shape index (κ3) is 3.06. The highest BCUT2D eigenvalue weighted by atomic mass is 16.1. The molecule has 1 fully saturated rings. The van der Waals surface area contributed by atoms with Crippen LogP contribution in [-0.4, -0.2) is 24.1 Å². The molecule has 0 unspecified atom stereocenters. The van der Waals surface area contributed by atoms with Gasteiger partial charge in [-0.3, -0.25) is 4.79 Å². The molecule has 34 heavy (non-hydrogen) atoms. The van der Waals surface area contributed by atoms with Crippen molar-refractivity contribution >= 4 is 16.7 Å². The summed E-state index contributed by atoms with van der Waals surface area (Å²) in [6.07, 6.45) is 5.75. The predicted octanol–water partition coefficient (Wildman–Crippen LogP) is 5.39. The Morgan fingerprint density at radius 2 is 1.74 bits per heavy atom. The van der Waals surface area contributed by atoms with E-state index in [4.69, 9.17) is 4.98 Å². The number of para-hydroxylation sites is 2. The molecule has 6 rings (SSSR count). The van der Waals surface area contributed by atoms with Crippen LogP contribution in [0.25, 0.3) is 39.2 Å². The van der Waals surface area contributed by atoms with E-state index in [2.05, 4.69) is 26.8 Å². The Balaban J connectivity index is 1.64. The molecule has 0 atom stereocenters. The summed E-state index contributed by atoms with van der Waals surface area (Å²) in [7, 11) is 0. The van der Waals surface area contributed by atoms with Crippen molar-refractivity contribution < 1.29 is 0 Å². The van der Waals surface area contributed by atoms with E-state index in [1.54, 1.807) is 0 Å². The summed E-state index contributed by atoms with van der Waals surface area (Å²) in [5.74, 6) is 0.670. The number of imidazole rings is 1. The van der Waals surface area contributed by atoms with Gasteiger partial charge in [0.1, 0.15) is 23.1 Å². The fourth-order valence-electron chi connectivity index (χ4n) is 5.34. The maximum Gasteiger partial charge on any atom is 0.285 e. The third-order valence-corrected chi connectivity index (χ3v) is 6.90. The number of aryl methyl sites for hydroxylation is 1. The van der Waals surface area contributed by atoms with Crippen LogP contribution in [0.4, 0.5) is 0 Å². The minimum atomic E-state index is -0.266. The molecule has 3 heterocycles. The fourth-order valence-corrected chi connectivity index (χ4v) is 5.34. The minimum Gasteiger partial charge on any atom is -0.342 e. The van der Waals surface area contributed by atoms with E-state index < -0.39 is 0 Å². The van der Waals surface area contributed by atoms with Crippen LogP contribution in [-0.2, 0) is 0 Å². The number of hydrogen-bond donors (Lipinski definition) is 1. The van der Waals surface area contributed by atoms with Crippen molar-refractivity contribution in [3.05, 3.63) is 76.3 Å². The van der Waals surface area contributed by atoms with Crippen LogP contribution in [0.1, 0.15) is 49.5 Å². The fraction of sp³-hybridized carbons (Fsp3) is 0.259. The molecular weight excluding hydrogens is 424 g/mol. The normalized spacial score (nSPS) is 14.6. The summed E-state index contributed by atoms with van der Waals surface area (Å²) in [5.41, 5.74) is 5.09. The van der Waals surface area contributed by atoms with Gasteiger partial charge in [-0.25, -0.2) is 4.98 Å². The van der Waals surface area contributed by atoms with Crippen LogP contribution in [0, 0.1) is 18.3 Å². The molecule has 0 bridgehead atoms. The topological polar surface area (TPSA) is 91.8 Å². The summed E-state index contributed by atoms with van der Waals surface area (Å²) in [5, 5.41) is 14.2. The van der Waals surface area contributed by atoms with Crippen molar-refractivity contribution in [1.82, 2.24) is 24.1 Å². The lowest BCUT2D eigenvalue weighted by Gasteiger charge is -2.25. The summed E-state index contributed by atoms with van der Waals surface area (Å²) in [6, 6.07) is 20.1. The Morgan fingerprint density at radius 1 is 1.00 bits per heavy atom. The molecule has 168 valence electrons. The molecule has 0 saturated heterocycles. The molecule has 7 heteroatoms. The number of nitriles is 1. The second-order valence-electron chi connectivity index (χ2n) is 8.98. The van der Waals surface area contributed by atoms with Gasteiger partial charge in [-0.2, -0.15) is 14.9 Å². The van der Waals surface area contributed by atoms with E-state index in [1.165, 1.54) is 23.8 Å². The van der Waals surface area contributed by atoms with Crippen LogP contribution in [0.2, 0.25) is 0 Å². The molecular formula is C27H24N6O. The van der Waals surface area contributed by atoms with Crippen LogP contribution < -0.4 is 5.56 Å². The predicted molar refractivity (Wildman–Crippen MR) is 132 cm³/mol. The van der Waals surface area contributed by atoms with Gasteiger partial charge >= 0.3 is 0 Å². The monoisotopic (exact) mass is 448 g/mol. The molecule has 1 N–H and O–H groups in total. The van der Waals surface area contributed by atoms with Crippen molar-refractivity contribution in [2.45, 2.75) is 45.1 Å². The minimum absolute atomic E-state index is 0.219. The van der Waals surface area contributed by atoms with Gasteiger partial charge in [-0.15, -0.1) is 0 Å². The number of H-pyrrole nitrogens is 1.